The SMILES string of the molecule is Cc1ccc2c(c1)[nH]c(=S)n2C(C)c1ccc(C)o1. The Morgan fingerprint density at radius 1 is 1.21 bits per heavy atom. The molecule has 0 fully saturated rings. The van der Waals surface area contributed by atoms with Gasteiger partial charge in [0.05, 0.1) is 17.1 Å². The van der Waals surface area contributed by atoms with Crippen LogP contribution in [0.3, 0.4) is 0 Å². The second-order valence-electron chi connectivity index (χ2n) is 4.95. The zero-order valence-electron chi connectivity index (χ0n) is 11.2. The van der Waals surface area contributed by atoms with E-state index in [-0.39, 0.29) is 6.04 Å². The monoisotopic (exact) mass is 272 g/mol. The first-order valence-corrected chi connectivity index (χ1v) is 6.74. The molecule has 1 unspecified atom stereocenters. The summed E-state index contributed by atoms with van der Waals surface area (Å²) in [6, 6.07) is 10.4. The van der Waals surface area contributed by atoms with Crippen LogP contribution in [-0.2, 0) is 0 Å². The summed E-state index contributed by atoms with van der Waals surface area (Å²) < 4.78 is 8.54. The van der Waals surface area contributed by atoms with E-state index in [1.807, 2.05) is 19.1 Å². The van der Waals surface area contributed by atoms with Crippen molar-refractivity contribution < 1.29 is 4.42 Å². The molecule has 98 valence electrons. The molecule has 1 aromatic carbocycles. The molecule has 3 nitrogen and oxygen atoms in total. The summed E-state index contributed by atoms with van der Waals surface area (Å²) in [5.41, 5.74) is 3.40. The number of aryl methyl sites for hydroxylation is 2. The summed E-state index contributed by atoms with van der Waals surface area (Å²) in [7, 11) is 0. The van der Waals surface area contributed by atoms with Crippen LogP contribution in [0.5, 0.6) is 0 Å². The summed E-state index contributed by atoms with van der Waals surface area (Å²) in [6.07, 6.45) is 0. The molecule has 0 spiro atoms. The summed E-state index contributed by atoms with van der Waals surface area (Å²) in [6.45, 7) is 6.13. The lowest BCUT2D eigenvalue weighted by Crippen LogP contribution is -2.05. The van der Waals surface area contributed by atoms with Gasteiger partial charge in [-0.2, -0.15) is 0 Å². The van der Waals surface area contributed by atoms with Gasteiger partial charge >= 0.3 is 0 Å². The van der Waals surface area contributed by atoms with Crippen LogP contribution in [0.1, 0.15) is 30.0 Å². The fourth-order valence-electron chi connectivity index (χ4n) is 2.43. The first-order valence-electron chi connectivity index (χ1n) is 6.33. The number of hydrogen-bond donors (Lipinski definition) is 1. The molecule has 3 rings (SSSR count). The molecular formula is C15H16N2OS. The molecule has 0 aliphatic rings. The minimum absolute atomic E-state index is 0.0812. The fraction of sp³-hybridized carbons (Fsp3) is 0.267. The number of fused-ring (bicyclic) bond motifs is 1. The molecule has 2 heterocycles. The van der Waals surface area contributed by atoms with Crippen LogP contribution in [0, 0.1) is 18.6 Å². The third-order valence-electron chi connectivity index (χ3n) is 3.43. The van der Waals surface area contributed by atoms with Crippen molar-refractivity contribution in [2.75, 3.05) is 0 Å². The van der Waals surface area contributed by atoms with E-state index in [1.54, 1.807) is 0 Å². The van der Waals surface area contributed by atoms with Gasteiger partial charge in [0.1, 0.15) is 11.5 Å². The molecule has 0 aliphatic heterocycles. The summed E-state index contributed by atoms with van der Waals surface area (Å²) in [5, 5.41) is 0. The molecule has 19 heavy (non-hydrogen) atoms. The van der Waals surface area contributed by atoms with E-state index >= 15 is 0 Å². The van der Waals surface area contributed by atoms with Gasteiger partial charge < -0.3 is 14.0 Å². The maximum absolute atomic E-state index is 5.72. The van der Waals surface area contributed by atoms with E-state index in [9.17, 15) is 0 Å². The zero-order valence-corrected chi connectivity index (χ0v) is 12.0. The zero-order chi connectivity index (χ0) is 13.6. The number of nitrogens with one attached hydrogen (secondary N) is 1. The Morgan fingerprint density at radius 3 is 2.68 bits per heavy atom. The van der Waals surface area contributed by atoms with Crippen LogP contribution in [0.2, 0.25) is 0 Å². The maximum Gasteiger partial charge on any atom is 0.178 e. The van der Waals surface area contributed by atoms with E-state index in [0.29, 0.717) is 0 Å². The van der Waals surface area contributed by atoms with Gasteiger partial charge in [0.2, 0.25) is 0 Å². The largest absolute Gasteiger partial charge is 0.464 e. The van der Waals surface area contributed by atoms with Crippen LogP contribution in [0.4, 0.5) is 0 Å². The third-order valence-corrected chi connectivity index (χ3v) is 3.73. The Hall–Kier alpha value is -1.81. The lowest BCUT2D eigenvalue weighted by atomic mass is 10.2. The minimum Gasteiger partial charge on any atom is -0.464 e. The minimum atomic E-state index is 0.0812. The van der Waals surface area contributed by atoms with Crippen LogP contribution in [-0.4, -0.2) is 9.55 Å². The Labute approximate surface area is 116 Å². The smallest absolute Gasteiger partial charge is 0.178 e. The highest BCUT2D eigenvalue weighted by molar-refractivity contribution is 7.71. The molecule has 0 saturated carbocycles. The molecule has 0 amide bonds. The molecule has 0 bridgehead atoms. The maximum atomic E-state index is 5.72. The number of benzene rings is 1. The predicted molar refractivity (Wildman–Crippen MR) is 79.1 cm³/mol. The van der Waals surface area contributed by atoms with E-state index in [4.69, 9.17) is 16.6 Å². The van der Waals surface area contributed by atoms with Crippen LogP contribution in [0.25, 0.3) is 11.0 Å². The standard InChI is InChI=1S/C15H16N2OS/c1-9-4-6-13-12(8-9)16-15(19)17(13)11(3)14-7-5-10(2)18-14/h4-8,11H,1-3H3,(H,16,19). The van der Waals surface area contributed by atoms with Gasteiger partial charge in [0.15, 0.2) is 4.77 Å². The molecule has 0 radical (unpaired) electrons. The molecule has 0 aliphatic carbocycles. The van der Waals surface area contributed by atoms with Crippen molar-refractivity contribution in [3.05, 3.63) is 52.2 Å². The van der Waals surface area contributed by atoms with E-state index in [2.05, 4.69) is 41.6 Å². The highest BCUT2D eigenvalue weighted by atomic mass is 32.1. The topological polar surface area (TPSA) is 33.9 Å². The van der Waals surface area contributed by atoms with Crippen molar-refractivity contribution in [2.24, 2.45) is 0 Å². The molecule has 1 N–H and O–H groups in total. The predicted octanol–water partition coefficient (Wildman–Crippen LogP) is 4.52. The van der Waals surface area contributed by atoms with Crippen molar-refractivity contribution in [3.8, 4) is 0 Å². The number of nitrogens with zero attached hydrogens (tertiary/aromatic N) is 1. The molecule has 1 atom stereocenters. The summed E-state index contributed by atoms with van der Waals surface area (Å²) in [4.78, 5) is 3.26. The van der Waals surface area contributed by atoms with Crippen molar-refractivity contribution >= 4 is 23.3 Å². The second kappa shape index (κ2) is 4.38. The van der Waals surface area contributed by atoms with Gasteiger partial charge in [-0.3, -0.25) is 0 Å². The number of aromatic amines is 1. The average molecular weight is 272 g/mol. The second-order valence-corrected chi connectivity index (χ2v) is 5.33. The highest BCUT2D eigenvalue weighted by Gasteiger charge is 2.15. The Morgan fingerprint density at radius 2 is 2.00 bits per heavy atom. The number of rotatable bonds is 2. The van der Waals surface area contributed by atoms with E-state index in [0.717, 1.165) is 27.3 Å². The molecule has 4 heteroatoms. The van der Waals surface area contributed by atoms with Crippen molar-refractivity contribution in [1.82, 2.24) is 9.55 Å². The average Bonchev–Trinajstić information content (AvgIpc) is 2.91. The first kappa shape index (κ1) is 12.2. The van der Waals surface area contributed by atoms with Crippen LogP contribution in [0.15, 0.2) is 34.7 Å². The van der Waals surface area contributed by atoms with E-state index in [1.165, 1.54) is 5.56 Å². The van der Waals surface area contributed by atoms with Crippen molar-refractivity contribution in [2.45, 2.75) is 26.8 Å². The van der Waals surface area contributed by atoms with Crippen molar-refractivity contribution in [3.63, 3.8) is 0 Å². The van der Waals surface area contributed by atoms with E-state index < -0.39 is 0 Å². The highest BCUT2D eigenvalue weighted by Crippen LogP contribution is 2.26. The molecule has 3 aromatic rings. The molecule has 2 aromatic heterocycles. The fourth-order valence-corrected chi connectivity index (χ4v) is 2.80. The number of aromatic nitrogens is 2. The molecular weight excluding hydrogens is 256 g/mol. The van der Waals surface area contributed by atoms with Gasteiger partial charge in [0, 0.05) is 0 Å². The van der Waals surface area contributed by atoms with Gasteiger partial charge in [-0.05, 0) is 62.8 Å². The van der Waals surface area contributed by atoms with Crippen LogP contribution >= 0.6 is 12.2 Å². The quantitative estimate of drug-likeness (QED) is 0.696. The Kier molecular flexibility index (Phi) is 2.82. The normalized spacial score (nSPS) is 13.0. The lowest BCUT2D eigenvalue weighted by Gasteiger charge is -2.12. The number of H-pyrrole nitrogens is 1. The lowest BCUT2D eigenvalue weighted by molar-refractivity contribution is 0.431. The molecule has 0 saturated heterocycles. The third kappa shape index (κ3) is 2.02. The van der Waals surface area contributed by atoms with Gasteiger partial charge in [0.25, 0.3) is 0 Å². The number of hydrogen-bond acceptors (Lipinski definition) is 2. The summed E-state index contributed by atoms with van der Waals surface area (Å²) in [5.74, 6) is 1.85. The van der Waals surface area contributed by atoms with Gasteiger partial charge in [-0.15, -0.1) is 0 Å². The van der Waals surface area contributed by atoms with Crippen LogP contribution < -0.4 is 0 Å². The summed E-state index contributed by atoms with van der Waals surface area (Å²) >= 11 is 5.44. The van der Waals surface area contributed by atoms with Gasteiger partial charge in [-0.25, -0.2) is 0 Å². The van der Waals surface area contributed by atoms with Gasteiger partial charge in [-0.1, -0.05) is 6.07 Å². The Balaban J connectivity index is 2.19. The first-order chi connectivity index (χ1) is 9.06. The van der Waals surface area contributed by atoms with Crippen molar-refractivity contribution in [1.29, 1.82) is 0 Å². The Bertz CT molecular complexity index is 794. The number of furan rings is 1. The number of imidazole rings is 1.